The number of aromatic nitrogens is 5. The number of anilines is 6. The smallest absolute Gasteiger partial charge is 0.273 e. The summed E-state index contributed by atoms with van der Waals surface area (Å²) in [5.74, 6) is -0.177. The summed E-state index contributed by atoms with van der Waals surface area (Å²) in [4.78, 5) is 51.6. The van der Waals surface area contributed by atoms with Crippen molar-refractivity contribution in [2.75, 3.05) is 21.5 Å². The lowest BCUT2D eigenvalue weighted by Crippen LogP contribution is -2.27. The summed E-state index contributed by atoms with van der Waals surface area (Å²) in [6.07, 6.45) is 0. The lowest BCUT2D eigenvalue weighted by molar-refractivity contribution is -0.385. The monoisotopic (exact) mass is 592 g/mol. The first-order chi connectivity index (χ1) is 21.2. The SMILES string of the molecule is Cn1c(NNc2nc(Nc3cccc([N+](=O)[O-])c3)nc(Nc3cccc([N+](=O)[O-])c3)n2)nc(-c2ccccc2)c(C#N)c1=O. The van der Waals surface area contributed by atoms with Crippen molar-refractivity contribution in [3.63, 3.8) is 0 Å². The molecule has 0 aliphatic rings. The second-order valence-electron chi connectivity index (χ2n) is 8.92. The molecule has 218 valence electrons. The number of nitro benzene ring substituents is 2. The molecular weight excluding hydrogens is 572 g/mol. The zero-order valence-electron chi connectivity index (χ0n) is 22.6. The van der Waals surface area contributed by atoms with Gasteiger partial charge >= 0.3 is 0 Å². The molecule has 0 amide bonds. The van der Waals surface area contributed by atoms with E-state index in [0.717, 1.165) is 4.57 Å². The third-order valence-electron chi connectivity index (χ3n) is 6.00. The van der Waals surface area contributed by atoms with Crippen molar-refractivity contribution in [3.05, 3.63) is 115 Å². The maximum Gasteiger partial charge on any atom is 0.273 e. The lowest BCUT2D eigenvalue weighted by atomic mass is 10.1. The first-order valence-corrected chi connectivity index (χ1v) is 12.6. The lowest BCUT2D eigenvalue weighted by Gasteiger charge is -2.15. The maximum absolute atomic E-state index is 13.0. The molecule has 44 heavy (non-hydrogen) atoms. The Morgan fingerprint density at radius 2 is 1.30 bits per heavy atom. The van der Waals surface area contributed by atoms with Gasteiger partial charge in [0, 0.05) is 48.3 Å². The van der Waals surface area contributed by atoms with Gasteiger partial charge in [0.25, 0.3) is 16.9 Å². The molecule has 0 unspecified atom stereocenters. The van der Waals surface area contributed by atoms with Crippen molar-refractivity contribution in [2.45, 2.75) is 0 Å². The molecule has 5 rings (SSSR count). The molecule has 0 fully saturated rings. The van der Waals surface area contributed by atoms with Crippen molar-refractivity contribution in [2.24, 2.45) is 7.05 Å². The molecule has 3 aromatic carbocycles. The van der Waals surface area contributed by atoms with Crippen molar-refractivity contribution >= 4 is 46.5 Å². The average Bonchev–Trinajstić information content (AvgIpc) is 3.02. The van der Waals surface area contributed by atoms with Crippen LogP contribution in [0.4, 0.5) is 46.5 Å². The van der Waals surface area contributed by atoms with Crippen molar-refractivity contribution < 1.29 is 9.85 Å². The normalized spacial score (nSPS) is 10.4. The summed E-state index contributed by atoms with van der Waals surface area (Å²) in [5.41, 5.74) is 5.76. The summed E-state index contributed by atoms with van der Waals surface area (Å²) in [5, 5.41) is 37.8. The number of nitrogens with one attached hydrogen (secondary N) is 4. The first-order valence-electron chi connectivity index (χ1n) is 12.6. The summed E-state index contributed by atoms with van der Waals surface area (Å²) in [6.45, 7) is 0. The average molecular weight is 593 g/mol. The summed E-state index contributed by atoms with van der Waals surface area (Å²) < 4.78 is 1.13. The van der Waals surface area contributed by atoms with Gasteiger partial charge in [-0.15, -0.1) is 0 Å². The topological polar surface area (TPSA) is 232 Å². The Kier molecular flexibility index (Phi) is 7.97. The summed E-state index contributed by atoms with van der Waals surface area (Å²) >= 11 is 0. The van der Waals surface area contributed by atoms with E-state index in [2.05, 4.69) is 41.4 Å². The van der Waals surface area contributed by atoms with Gasteiger partial charge in [0.2, 0.25) is 23.8 Å². The number of nitriles is 1. The Morgan fingerprint density at radius 1 is 0.750 bits per heavy atom. The second-order valence-corrected chi connectivity index (χ2v) is 8.92. The Labute approximate surface area is 247 Å². The Bertz CT molecular complexity index is 1910. The van der Waals surface area contributed by atoms with Crippen LogP contribution in [0.25, 0.3) is 11.3 Å². The molecule has 0 aliphatic carbocycles. The van der Waals surface area contributed by atoms with Gasteiger partial charge in [0.05, 0.1) is 15.5 Å². The molecule has 2 aromatic heterocycles. The van der Waals surface area contributed by atoms with Gasteiger partial charge in [-0.1, -0.05) is 42.5 Å². The fourth-order valence-corrected chi connectivity index (χ4v) is 3.93. The van der Waals surface area contributed by atoms with Crippen LogP contribution in [0.5, 0.6) is 0 Å². The van der Waals surface area contributed by atoms with Gasteiger partial charge in [0.1, 0.15) is 11.6 Å². The van der Waals surface area contributed by atoms with Crippen LogP contribution >= 0.6 is 0 Å². The fourth-order valence-electron chi connectivity index (χ4n) is 3.93. The first kappa shape index (κ1) is 28.6. The van der Waals surface area contributed by atoms with Crippen LogP contribution in [-0.4, -0.2) is 34.3 Å². The van der Waals surface area contributed by atoms with E-state index in [1.165, 1.54) is 43.4 Å². The summed E-state index contributed by atoms with van der Waals surface area (Å²) in [6, 6.07) is 21.9. The van der Waals surface area contributed by atoms with Crippen LogP contribution < -0.4 is 27.0 Å². The van der Waals surface area contributed by atoms with Crippen LogP contribution in [0.3, 0.4) is 0 Å². The largest absolute Gasteiger partial charge is 0.324 e. The minimum Gasteiger partial charge on any atom is -0.324 e. The van der Waals surface area contributed by atoms with Crippen molar-refractivity contribution in [1.29, 1.82) is 5.26 Å². The fraction of sp³-hybridized carbons (Fsp3) is 0.0370. The van der Waals surface area contributed by atoms with E-state index in [1.807, 2.05) is 6.07 Å². The van der Waals surface area contributed by atoms with Crippen LogP contribution in [-0.2, 0) is 7.05 Å². The Balaban J connectivity index is 1.50. The van der Waals surface area contributed by atoms with E-state index in [9.17, 15) is 30.3 Å². The number of benzene rings is 3. The molecule has 0 spiro atoms. The van der Waals surface area contributed by atoms with Gasteiger partial charge in [0.15, 0.2) is 0 Å². The van der Waals surface area contributed by atoms with E-state index in [0.29, 0.717) is 16.9 Å². The van der Waals surface area contributed by atoms with E-state index in [-0.39, 0.29) is 46.4 Å². The van der Waals surface area contributed by atoms with Crippen LogP contribution in [0.2, 0.25) is 0 Å². The van der Waals surface area contributed by atoms with Crippen LogP contribution in [0.1, 0.15) is 5.56 Å². The molecule has 0 atom stereocenters. The van der Waals surface area contributed by atoms with Crippen LogP contribution in [0.15, 0.2) is 83.7 Å². The third kappa shape index (κ3) is 6.34. The van der Waals surface area contributed by atoms with Crippen LogP contribution in [0, 0.1) is 31.6 Å². The number of hydrazine groups is 1. The zero-order valence-corrected chi connectivity index (χ0v) is 22.6. The third-order valence-corrected chi connectivity index (χ3v) is 6.00. The molecule has 5 aromatic rings. The van der Waals surface area contributed by atoms with Gasteiger partial charge in [-0.3, -0.25) is 40.4 Å². The number of rotatable bonds is 10. The number of non-ortho nitro benzene ring substituents is 2. The Morgan fingerprint density at radius 3 is 1.82 bits per heavy atom. The minimum atomic E-state index is -0.595. The number of hydrogen-bond donors (Lipinski definition) is 4. The maximum atomic E-state index is 13.0. The molecule has 0 radical (unpaired) electrons. The predicted octanol–water partition coefficient (Wildman–Crippen LogP) is 4.25. The minimum absolute atomic E-state index is 0.0228. The molecule has 0 bridgehead atoms. The highest BCUT2D eigenvalue weighted by atomic mass is 16.6. The second kappa shape index (κ2) is 12.3. The number of nitro groups is 2. The predicted molar refractivity (Wildman–Crippen MR) is 159 cm³/mol. The highest BCUT2D eigenvalue weighted by Crippen LogP contribution is 2.24. The quantitative estimate of drug-likeness (QED) is 0.131. The van der Waals surface area contributed by atoms with E-state index >= 15 is 0 Å². The number of nitrogens with zero attached hydrogens (tertiary/aromatic N) is 8. The highest BCUT2D eigenvalue weighted by Gasteiger charge is 2.17. The molecule has 0 aliphatic heterocycles. The molecule has 17 nitrogen and oxygen atoms in total. The highest BCUT2D eigenvalue weighted by molar-refractivity contribution is 5.68. The van der Waals surface area contributed by atoms with E-state index < -0.39 is 15.4 Å². The van der Waals surface area contributed by atoms with Crippen molar-refractivity contribution in [1.82, 2.24) is 24.5 Å². The van der Waals surface area contributed by atoms with E-state index in [4.69, 9.17) is 0 Å². The van der Waals surface area contributed by atoms with Gasteiger partial charge in [-0.2, -0.15) is 20.2 Å². The standard InChI is InChI=1S/C27H20N12O5/c1-37-23(40)21(15-28)22(16-7-3-2-4-8-16)31-27(37)36-35-26-33-24(29-17-9-5-11-19(13-17)38(41)42)32-25(34-26)30-18-10-6-12-20(14-18)39(43)44/h2-14H,1H3,(H,31,36)(H3,29,30,32,33,34,35). The Hall–Kier alpha value is -6.96. The van der Waals surface area contributed by atoms with Gasteiger partial charge < -0.3 is 10.6 Å². The molecule has 0 saturated heterocycles. The van der Waals surface area contributed by atoms with Crippen molar-refractivity contribution in [3.8, 4) is 17.3 Å². The van der Waals surface area contributed by atoms with Gasteiger partial charge in [-0.05, 0) is 12.1 Å². The summed E-state index contributed by atoms with van der Waals surface area (Å²) in [7, 11) is 1.42. The molecule has 0 saturated carbocycles. The molecule has 4 N–H and O–H groups in total. The zero-order chi connectivity index (χ0) is 31.2. The molecular formula is C27H20N12O5. The molecule has 2 heterocycles. The van der Waals surface area contributed by atoms with Gasteiger partial charge in [-0.25, -0.2) is 4.98 Å². The number of hydrogen-bond acceptors (Lipinski definition) is 14. The molecule has 17 heteroatoms. The van der Waals surface area contributed by atoms with E-state index in [1.54, 1.807) is 42.5 Å².